The fourth-order valence-corrected chi connectivity index (χ4v) is 3.54. The molecule has 110 valence electrons. The van der Waals surface area contributed by atoms with Crippen molar-refractivity contribution in [3.63, 3.8) is 0 Å². The van der Waals surface area contributed by atoms with Gasteiger partial charge < -0.3 is 5.32 Å². The van der Waals surface area contributed by atoms with Gasteiger partial charge in [-0.2, -0.15) is 0 Å². The van der Waals surface area contributed by atoms with E-state index in [1.54, 1.807) is 0 Å². The van der Waals surface area contributed by atoms with Crippen molar-refractivity contribution in [1.82, 2.24) is 5.32 Å². The van der Waals surface area contributed by atoms with E-state index in [1.165, 1.54) is 18.2 Å². The summed E-state index contributed by atoms with van der Waals surface area (Å²) in [6.07, 6.45) is 4.10. The number of amides is 1. The Morgan fingerprint density at radius 1 is 1.50 bits per heavy atom. The Bertz CT molecular complexity index is 501. The quantitative estimate of drug-likeness (QED) is 0.785. The highest BCUT2D eigenvalue weighted by atomic mass is 79.9. The zero-order valence-electron chi connectivity index (χ0n) is 11.4. The number of hydrogen-bond donors (Lipinski definition) is 1. The molecule has 0 spiro atoms. The van der Waals surface area contributed by atoms with Crippen molar-refractivity contribution in [1.29, 1.82) is 0 Å². The first-order valence-electron chi connectivity index (χ1n) is 6.79. The molecule has 0 unspecified atom stereocenters. The highest BCUT2D eigenvalue weighted by Gasteiger charge is 2.35. The number of benzene rings is 1. The Labute approximate surface area is 132 Å². The second-order valence-electron chi connectivity index (χ2n) is 5.67. The minimum absolute atomic E-state index is 0.149. The summed E-state index contributed by atoms with van der Waals surface area (Å²) in [4.78, 5) is 12.4. The molecule has 0 bridgehead atoms. The topological polar surface area (TPSA) is 29.1 Å². The van der Waals surface area contributed by atoms with Crippen molar-refractivity contribution in [2.45, 2.75) is 38.1 Å². The van der Waals surface area contributed by atoms with Gasteiger partial charge >= 0.3 is 0 Å². The second-order valence-corrected chi connectivity index (χ2v) is 6.64. The van der Waals surface area contributed by atoms with Crippen LogP contribution in [0.3, 0.4) is 0 Å². The van der Waals surface area contributed by atoms with E-state index in [4.69, 9.17) is 11.6 Å². The van der Waals surface area contributed by atoms with E-state index in [9.17, 15) is 9.18 Å². The van der Waals surface area contributed by atoms with Crippen molar-refractivity contribution < 1.29 is 9.18 Å². The molecule has 1 aromatic rings. The molecule has 0 aromatic heterocycles. The van der Waals surface area contributed by atoms with Crippen LogP contribution in [0.15, 0.2) is 18.2 Å². The van der Waals surface area contributed by atoms with Crippen LogP contribution in [0.1, 0.15) is 43.0 Å². The smallest absolute Gasteiger partial charge is 0.253 e. The molecule has 1 saturated carbocycles. The molecule has 2 rings (SSSR count). The van der Waals surface area contributed by atoms with Gasteiger partial charge in [0.2, 0.25) is 0 Å². The zero-order chi connectivity index (χ0) is 14.8. The van der Waals surface area contributed by atoms with E-state index in [0.717, 1.165) is 31.0 Å². The Morgan fingerprint density at radius 2 is 2.15 bits per heavy atom. The van der Waals surface area contributed by atoms with E-state index in [1.807, 2.05) is 0 Å². The molecular weight excluding hydrogens is 345 g/mol. The predicted molar refractivity (Wildman–Crippen MR) is 83.0 cm³/mol. The van der Waals surface area contributed by atoms with Crippen LogP contribution >= 0.6 is 27.5 Å². The van der Waals surface area contributed by atoms with Gasteiger partial charge in [0.25, 0.3) is 5.91 Å². The van der Waals surface area contributed by atoms with Gasteiger partial charge in [-0.25, -0.2) is 4.39 Å². The molecule has 1 amide bonds. The summed E-state index contributed by atoms with van der Waals surface area (Å²) in [6.45, 7) is 2.23. The molecule has 2 nitrogen and oxygen atoms in total. The summed E-state index contributed by atoms with van der Waals surface area (Å²) in [5.74, 6) is 0.0331. The monoisotopic (exact) mass is 361 g/mol. The maximum atomic E-state index is 13.0. The Kier molecular flexibility index (Phi) is 5.08. The summed E-state index contributed by atoms with van der Waals surface area (Å²) in [7, 11) is 0. The minimum atomic E-state index is -0.437. The van der Waals surface area contributed by atoms with Crippen molar-refractivity contribution in [3.8, 4) is 0 Å². The van der Waals surface area contributed by atoms with E-state index in [2.05, 4.69) is 28.2 Å². The largest absolute Gasteiger partial charge is 0.346 e. The normalized spacial score (nSPS) is 26.3. The third kappa shape index (κ3) is 3.53. The van der Waals surface area contributed by atoms with Gasteiger partial charge in [-0.15, -0.1) is 0 Å². The number of carbonyl (C=O) groups is 1. The molecule has 1 aromatic carbocycles. The predicted octanol–water partition coefficient (Wildman–Crippen LogP) is 4.55. The van der Waals surface area contributed by atoms with Crippen LogP contribution in [0.2, 0.25) is 5.02 Å². The molecule has 1 aliphatic rings. The Hall–Kier alpha value is -0.610. The first-order valence-corrected chi connectivity index (χ1v) is 8.29. The number of carbonyl (C=O) groups excluding carboxylic acids is 1. The average molecular weight is 363 g/mol. The lowest BCUT2D eigenvalue weighted by atomic mass is 9.78. The highest BCUT2D eigenvalue weighted by molar-refractivity contribution is 9.09. The zero-order valence-corrected chi connectivity index (χ0v) is 13.7. The first-order chi connectivity index (χ1) is 9.46. The van der Waals surface area contributed by atoms with Crippen molar-refractivity contribution >= 4 is 33.4 Å². The summed E-state index contributed by atoms with van der Waals surface area (Å²) in [5.41, 5.74) is 0.105. The number of alkyl halides is 1. The molecule has 0 aliphatic heterocycles. The Balaban J connectivity index is 2.13. The molecule has 1 N–H and O–H groups in total. The van der Waals surface area contributed by atoms with E-state index in [0.29, 0.717) is 11.5 Å². The van der Waals surface area contributed by atoms with Crippen LogP contribution in [-0.2, 0) is 0 Å². The van der Waals surface area contributed by atoms with Gasteiger partial charge in [0.05, 0.1) is 16.1 Å². The lowest BCUT2D eigenvalue weighted by Crippen LogP contribution is -2.52. The van der Waals surface area contributed by atoms with Crippen LogP contribution in [0, 0.1) is 11.7 Å². The molecular formula is C15H18BrClFNO. The molecule has 1 fully saturated rings. The molecule has 20 heavy (non-hydrogen) atoms. The standard InChI is InChI=1S/C15H18BrClFNO/c1-10-4-6-15(9-16,7-5-10)19-14(20)12-3-2-11(18)8-13(12)17/h2-3,8,10H,4-7,9H2,1H3,(H,19,20). The Morgan fingerprint density at radius 3 is 2.70 bits per heavy atom. The first kappa shape index (κ1) is 15.8. The second kappa shape index (κ2) is 6.44. The van der Waals surface area contributed by atoms with Crippen LogP contribution < -0.4 is 5.32 Å². The fraction of sp³-hybridized carbons (Fsp3) is 0.533. The van der Waals surface area contributed by atoms with Gasteiger partial charge in [0.15, 0.2) is 0 Å². The van der Waals surface area contributed by atoms with Crippen LogP contribution in [-0.4, -0.2) is 16.8 Å². The van der Waals surface area contributed by atoms with Crippen molar-refractivity contribution in [2.75, 3.05) is 5.33 Å². The minimum Gasteiger partial charge on any atom is -0.346 e. The summed E-state index contributed by atoms with van der Waals surface area (Å²) < 4.78 is 13.0. The van der Waals surface area contributed by atoms with E-state index < -0.39 is 5.82 Å². The number of halogens is 3. The molecule has 0 radical (unpaired) electrons. The van der Waals surface area contributed by atoms with Crippen molar-refractivity contribution in [3.05, 3.63) is 34.6 Å². The average Bonchev–Trinajstić information content (AvgIpc) is 2.41. The van der Waals surface area contributed by atoms with Crippen molar-refractivity contribution in [2.24, 2.45) is 5.92 Å². The number of nitrogens with one attached hydrogen (secondary N) is 1. The highest BCUT2D eigenvalue weighted by Crippen LogP contribution is 2.33. The SMILES string of the molecule is CC1CCC(CBr)(NC(=O)c2ccc(F)cc2Cl)CC1. The van der Waals surface area contributed by atoms with E-state index in [-0.39, 0.29) is 16.5 Å². The van der Waals surface area contributed by atoms with Gasteiger partial charge in [-0.3, -0.25) is 4.79 Å². The fourth-order valence-electron chi connectivity index (χ4n) is 2.59. The molecule has 0 heterocycles. The maximum absolute atomic E-state index is 13.0. The number of rotatable bonds is 3. The van der Waals surface area contributed by atoms with Gasteiger partial charge in [0, 0.05) is 5.33 Å². The summed E-state index contributed by atoms with van der Waals surface area (Å²) in [5, 5.41) is 3.96. The van der Waals surface area contributed by atoms with Crippen LogP contribution in [0.25, 0.3) is 0 Å². The van der Waals surface area contributed by atoms with E-state index >= 15 is 0 Å². The van der Waals surface area contributed by atoms with Gasteiger partial charge in [-0.1, -0.05) is 34.5 Å². The summed E-state index contributed by atoms with van der Waals surface area (Å²) >= 11 is 9.45. The maximum Gasteiger partial charge on any atom is 0.253 e. The lowest BCUT2D eigenvalue weighted by molar-refractivity contribution is 0.0874. The lowest BCUT2D eigenvalue weighted by Gasteiger charge is -2.39. The third-order valence-electron chi connectivity index (χ3n) is 4.04. The molecule has 5 heteroatoms. The van der Waals surface area contributed by atoms with Crippen LogP contribution in [0.5, 0.6) is 0 Å². The third-order valence-corrected chi connectivity index (χ3v) is 5.43. The van der Waals surface area contributed by atoms with Gasteiger partial charge in [-0.05, 0) is 49.8 Å². The summed E-state index contributed by atoms with van der Waals surface area (Å²) in [6, 6.07) is 3.85. The van der Waals surface area contributed by atoms with Crippen LogP contribution in [0.4, 0.5) is 4.39 Å². The number of hydrogen-bond acceptors (Lipinski definition) is 1. The molecule has 0 saturated heterocycles. The molecule has 1 aliphatic carbocycles. The van der Waals surface area contributed by atoms with Gasteiger partial charge in [0.1, 0.15) is 5.82 Å². The molecule has 0 atom stereocenters.